The standard InChI is InChI=1S/C28H23FN2O3S/c1-15(2)17-5-7-18(8-6-17)24-23(25(32)19-9-11-20(29)12-10-19)26(33)27(34)31(24)28-30-21-13-4-16(3)14-22(21)35-28/h4-15,24,32H,1-3H3. The van der Waals surface area contributed by atoms with Crippen LogP contribution in [0.15, 0.2) is 72.3 Å². The topological polar surface area (TPSA) is 70.5 Å². The van der Waals surface area contributed by atoms with Gasteiger partial charge < -0.3 is 5.11 Å². The molecule has 7 heteroatoms. The summed E-state index contributed by atoms with van der Waals surface area (Å²) in [4.78, 5) is 32.6. The number of benzene rings is 3. The fourth-order valence-corrected chi connectivity index (χ4v) is 5.38. The Hall–Kier alpha value is -3.84. The molecule has 5 nitrogen and oxygen atoms in total. The van der Waals surface area contributed by atoms with Crippen LogP contribution in [0.2, 0.25) is 0 Å². The maximum atomic E-state index is 13.5. The zero-order valence-corrected chi connectivity index (χ0v) is 20.3. The Kier molecular flexibility index (Phi) is 5.73. The van der Waals surface area contributed by atoms with Crippen LogP contribution in [0, 0.1) is 12.7 Å². The second-order valence-electron chi connectivity index (χ2n) is 8.96. The van der Waals surface area contributed by atoms with Crippen molar-refractivity contribution in [3.63, 3.8) is 0 Å². The van der Waals surface area contributed by atoms with Crippen LogP contribution >= 0.6 is 11.3 Å². The van der Waals surface area contributed by atoms with E-state index in [9.17, 15) is 19.1 Å². The minimum Gasteiger partial charge on any atom is -0.507 e. The Morgan fingerprint density at radius 2 is 1.71 bits per heavy atom. The van der Waals surface area contributed by atoms with Crippen molar-refractivity contribution >= 4 is 44.1 Å². The quantitative estimate of drug-likeness (QED) is 0.203. The number of carbonyl (C=O) groups is 2. The molecule has 1 amide bonds. The highest BCUT2D eigenvalue weighted by Gasteiger charge is 2.48. The van der Waals surface area contributed by atoms with E-state index in [0.29, 0.717) is 16.6 Å². The number of aryl methyl sites for hydroxylation is 1. The van der Waals surface area contributed by atoms with Gasteiger partial charge in [0.2, 0.25) is 0 Å². The molecule has 4 aromatic rings. The molecule has 1 aliphatic heterocycles. The Morgan fingerprint density at radius 1 is 1.03 bits per heavy atom. The van der Waals surface area contributed by atoms with E-state index in [2.05, 4.69) is 18.8 Å². The van der Waals surface area contributed by atoms with Crippen LogP contribution in [0.1, 0.15) is 48.1 Å². The summed E-state index contributed by atoms with van der Waals surface area (Å²) in [6.07, 6.45) is 0. The van der Waals surface area contributed by atoms with Gasteiger partial charge in [-0.15, -0.1) is 0 Å². The van der Waals surface area contributed by atoms with E-state index in [4.69, 9.17) is 0 Å². The summed E-state index contributed by atoms with van der Waals surface area (Å²) in [5.41, 5.74) is 3.78. The second-order valence-corrected chi connectivity index (χ2v) is 9.97. The highest BCUT2D eigenvalue weighted by Crippen LogP contribution is 2.44. The van der Waals surface area contributed by atoms with Gasteiger partial charge in [-0.25, -0.2) is 9.37 Å². The molecule has 1 atom stereocenters. The lowest BCUT2D eigenvalue weighted by Crippen LogP contribution is -2.29. The van der Waals surface area contributed by atoms with Crippen LogP contribution in [-0.4, -0.2) is 21.8 Å². The fourth-order valence-electron chi connectivity index (χ4n) is 4.29. The number of carbonyl (C=O) groups excluding carboxylic acids is 2. The first-order valence-corrected chi connectivity index (χ1v) is 12.1. The molecule has 1 N–H and O–H groups in total. The van der Waals surface area contributed by atoms with Crippen molar-refractivity contribution in [3.05, 3.63) is 100 Å². The predicted octanol–water partition coefficient (Wildman–Crippen LogP) is 6.49. The van der Waals surface area contributed by atoms with E-state index >= 15 is 0 Å². The molecular weight excluding hydrogens is 463 g/mol. The van der Waals surface area contributed by atoms with E-state index < -0.39 is 23.5 Å². The smallest absolute Gasteiger partial charge is 0.301 e. The summed E-state index contributed by atoms with van der Waals surface area (Å²) in [5, 5.41) is 11.5. The Balaban J connectivity index is 1.71. The van der Waals surface area contributed by atoms with Crippen LogP contribution < -0.4 is 4.90 Å². The van der Waals surface area contributed by atoms with E-state index in [-0.39, 0.29) is 16.9 Å². The number of aliphatic hydroxyl groups is 1. The molecule has 2 heterocycles. The number of nitrogens with zero attached hydrogens (tertiary/aromatic N) is 2. The molecule has 1 aliphatic rings. The monoisotopic (exact) mass is 486 g/mol. The third-order valence-corrected chi connectivity index (χ3v) is 7.24. The number of ketones is 1. The van der Waals surface area contributed by atoms with Crippen LogP contribution in [0.25, 0.3) is 16.0 Å². The molecule has 176 valence electrons. The summed E-state index contributed by atoms with van der Waals surface area (Å²) >= 11 is 1.32. The minimum atomic E-state index is -0.872. The molecule has 5 rings (SSSR count). The summed E-state index contributed by atoms with van der Waals surface area (Å²) in [6.45, 7) is 6.14. The highest BCUT2D eigenvalue weighted by molar-refractivity contribution is 7.22. The number of hydrogen-bond acceptors (Lipinski definition) is 5. The van der Waals surface area contributed by atoms with Crippen LogP contribution in [-0.2, 0) is 9.59 Å². The summed E-state index contributed by atoms with van der Waals surface area (Å²) in [7, 11) is 0. The number of hydrogen-bond donors (Lipinski definition) is 1. The SMILES string of the molecule is Cc1ccc2nc(N3C(=O)C(=O)C(=C(O)c4ccc(F)cc4)C3c3ccc(C(C)C)cc3)sc2c1. The van der Waals surface area contributed by atoms with E-state index in [1.54, 1.807) is 0 Å². The molecule has 0 aliphatic carbocycles. The number of anilines is 1. The molecule has 1 unspecified atom stereocenters. The number of aromatic nitrogens is 1. The molecule has 0 spiro atoms. The van der Waals surface area contributed by atoms with Gasteiger partial charge in [-0.3, -0.25) is 14.5 Å². The van der Waals surface area contributed by atoms with Gasteiger partial charge in [-0.2, -0.15) is 0 Å². The van der Waals surface area contributed by atoms with Crippen LogP contribution in [0.5, 0.6) is 0 Å². The molecule has 0 radical (unpaired) electrons. The van der Waals surface area contributed by atoms with Crippen LogP contribution in [0.3, 0.4) is 0 Å². The van der Waals surface area contributed by atoms with Crippen molar-refractivity contribution in [2.24, 2.45) is 0 Å². The van der Waals surface area contributed by atoms with Crippen LogP contribution in [0.4, 0.5) is 9.52 Å². The van der Waals surface area contributed by atoms with Gasteiger partial charge >= 0.3 is 5.91 Å². The number of thiazole rings is 1. The molecule has 1 fully saturated rings. The normalized spacial score (nSPS) is 17.6. The lowest BCUT2D eigenvalue weighted by molar-refractivity contribution is -0.132. The second kappa shape index (κ2) is 8.74. The maximum absolute atomic E-state index is 13.5. The van der Waals surface area contributed by atoms with Crippen molar-refractivity contribution in [2.45, 2.75) is 32.7 Å². The first kappa shape index (κ1) is 22.9. The van der Waals surface area contributed by atoms with Crippen molar-refractivity contribution in [2.75, 3.05) is 4.90 Å². The first-order valence-electron chi connectivity index (χ1n) is 11.3. The highest BCUT2D eigenvalue weighted by atomic mass is 32.1. The van der Waals surface area contributed by atoms with E-state index in [0.717, 1.165) is 21.3 Å². The van der Waals surface area contributed by atoms with E-state index in [1.165, 1.54) is 40.5 Å². The third-order valence-electron chi connectivity index (χ3n) is 6.22. The number of Topliss-reactive ketones (excluding diaryl/α,β-unsaturated/α-hetero) is 1. The van der Waals surface area contributed by atoms with Crippen molar-refractivity contribution < 1.29 is 19.1 Å². The number of fused-ring (bicyclic) bond motifs is 1. The molecule has 3 aromatic carbocycles. The van der Waals surface area contributed by atoms with Crippen molar-refractivity contribution in [3.8, 4) is 0 Å². The Morgan fingerprint density at radius 3 is 2.37 bits per heavy atom. The average Bonchev–Trinajstić information content (AvgIpc) is 3.37. The lowest BCUT2D eigenvalue weighted by atomic mass is 9.93. The van der Waals surface area contributed by atoms with Gasteiger partial charge in [0.15, 0.2) is 5.13 Å². The third kappa shape index (κ3) is 4.02. The molecule has 35 heavy (non-hydrogen) atoms. The molecular formula is C28H23FN2O3S. The van der Waals surface area contributed by atoms with Crippen molar-refractivity contribution in [1.29, 1.82) is 0 Å². The Labute approximate surface area is 206 Å². The van der Waals surface area contributed by atoms with Gasteiger partial charge in [0.25, 0.3) is 5.78 Å². The van der Waals surface area contributed by atoms with Gasteiger partial charge in [-0.05, 0) is 65.9 Å². The van der Waals surface area contributed by atoms with Gasteiger partial charge in [-0.1, -0.05) is 55.5 Å². The molecule has 1 aromatic heterocycles. The maximum Gasteiger partial charge on any atom is 0.301 e. The van der Waals surface area contributed by atoms with E-state index in [1.807, 2.05) is 49.4 Å². The van der Waals surface area contributed by atoms with Crippen molar-refractivity contribution in [1.82, 2.24) is 4.98 Å². The fraction of sp³-hybridized carbons (Fsp3) is 0.179. The average molecular weight is 487 g/mol. The number of aliphatic hydroxyl groups excluding tert-OH is 1. The largest absolute Gasteiger partial charge is 0.507 e. The van der Waals surface area contributed by atoms with Gasteiger partial charge in [0.05, 0.1) is 21.8 Å². The first-order chi connectivity index (χ1) is 16.7. The number of amides is 1. The number of rotatable bonds is 4. The predicted molar refractivity (Wildman–Crippen MR) is 136 cm³/mol. The zero-order chi connectivity index (χ0) is 24.9. The molecule has 1 saturated heterocycles. The Bertz CT molecular complexity index is 1490. The van der Waals surface area contributed by atoms with Gasteiger partial charge in [0, 0.05) is 5.56 Å². The minimum absolute atomic E-state index is 0.0469. The summed E-state index contributed by atoms with van der Waals surface area (Å²) in [5.74, 6) is -2.07. The molecule has 0 bridgehead atoms. The summed E-state index contributed by atoms with van der Waals surface area (Å²) in [6, 6.07) is 17.8. The molecule has 0 saturated carbocycles. The zero-order valence-electron chi connectivity index (χ0n) is 19.4. The van der Waals surface area contributed by atoms with Gasteiger partial charge in [0.1, 0.15) is 11.6 Å². The number of halogens is 1. The summed E-state index contributed by atoms with van der Waals surface area (Å²) < 4.78 is 14.4. The lowest BCUT2D eigenvalue weighted by Gasteiger charge is -2.23.